The lowest BCUT2D eigenvalue weighted by molar-refractivity contribution is 0.232. The third kappa shape index (κ3) is 4.24. The smallest absolute Gasteiger partial charge is 0.122 e. The van der Waals surface area contributed by atoms with Gasteiger partial charge in [0.25, 0.3) is 0 Å². The summed E-state index contributed by atoms with van der Waals surface area (Å²) in [6.07, 6.45) is 7.44. The summed E-state index contributed by atoms with van der Waals surface area (Å²) in [5.74, 6) is 1.09. The zero-order valence-corrected chi connectivity index (χ0v) is 12.4. The van der Waals surface area contributed by atoms with Crippen LogP contribution in [0.2, 0.25) is 0 Å². The van der Waals surface area contributed by atoms with E-state index in [9.17, 15) is 0 Å². The molecule has 0 saturated carbocycles. The van der Waals surface area contributed by atoms with Crippen molar-refractivity contribution >= 4 is 0 Å². The highest BCUT2D eigenvalue weighted by Gasteiger charge is 2.20. The molecule has 0 aromatic heterocycles. The molecule has 19 heavy (non-hydrogen) atoms. The molecule has 1 atom stereocenters. The highest BCUT2D eigenvalue weighted by molar-refractivity contribution is 5.33. The van der Waals surface area contributed by atoms with Crippen LogP contribution >= 0.6 is 0 Å². The fourth-order valence-corrected chi connectivity index (χ4v) is 2.87. The van der Waals surface area contributed by atoms with Crippen LogP contribution in [0.25, 0.3) is 0 Å². The van der Waals surface area contributed by atoms with E-state index in [2.05, 4.69) is 43.1 Å². The highest BCUT2D eigenvalue weighted by Crippen LogP contribution is 2.22. The third-order valence-corrected chi connectivity index (χ3v) is 4.15. The number of unbranched alkanes of at least 4 members (excludes halogenated alkanes) is 1. The molecule has 1 unspecified atom stereocenters. The first-order chi connectivity index (χ1) is 9.31. The zero-order chi connectivity index (χ0) is 13.5. The number of benzene rings is 1. The molecule has 1 saturated heterocycles. The second-order valence-corrected chi connectivity index (χ2v) is 5.63. The van der Waals surface area contributed by atoms with Crippen LogP contribution in [-0.4, -0.2) is 31.1 Å². The van der Waals surface area contributed by atoms with Gasteiger partial charge in [-0.15, -0.1) is 0 Å². The number of rotatable bonds is 7. The van der Waals surface area contributed by atoms with Gasteiger partial charge in [-0.2, -0.15) is 0 Å². The number of aryl methyl sites for hydroxylation is 1. The molecule has 2 nitrogen and oxygen atoms in total. The van der Waals surface area contributed by atoms with E-state index >= 15 is 0 Å². The number of nitrogens with zero attached hydrogens (tertiary/aromatic N) is 1. The topological polar surface area (TPSA) is 12.5 Å². The van der Waals surface area contributed by atoms with Gasteiger partial charge in [0.15, 0.2) is 0 Å². The Bertz CT molecular complexity index is 377. The lowest BCUT2D eigenvalue weighted by Gasteiger charge is -2.19. The van der Waals surface area contributed by atoms with Gasteiger partial charge in [0.05, 0.1) is 6.61 Å². The number of ether oxygens (including phenoxy) is 1. The maximum atomic E-state index is 6.02. The molecule has 1 aromatic carbocycles. The Morgan fingerprint density at radius 2 is 2.16 bits per heavy atom. The van der Waals surface area contributed by atoms with Crippen molar-refractivity contribution in [3.8, 4) is 5.75 Å². The van der Waals surface area contributed by atoms with Crippen LogP contribution in [-0.2, 0) is 6.42 Å². The van der Waals surface area contributed by atoms with Gasteiger partial charge in [-0.1, -0.05) is 31.5 Å². The summed E-state index contributed by atoms with van der Waals surface area (Å²) in [6.45, 7) is 4.33. The van der Waals surface area contributed by atoms with Gasteiger partial charge >= 0.3 is 0 Å². The van der Waals surface area contributed by atoms with E-state index in [0.717, 1.165) is 31.2 Å². The first-order valence-corrected chi connectivity index (χ1v) is 7.72. The van der Waals surface area contributed by atoms with Crippen molar-refractivity contribution in [2.75, 3.05) is 20.2 Å². The summed E-state index contributed by atoms with van der Waals surface area (Å²) in [4.78, 5) is 2.46. The van der Waals surface area contributed by atoms with Crippen molar-refractivity contribution in [3.63, 3.8) is 0 Å². The second kappa shape index (κ2) is 7.54. The molecular formula is C17H27NO. The zero-order valence-electron chi connectivity index (χ0n) is 12.4. The van der Waals surface area contributed by atoms with Gasteiger partial charge < -0.3 is 9.64 Å². The Balaban J connectivity index is 1.81. The van der Waals surface area contributed by atoms with Crippen molar-refractivity contribution in [1.29, 1.82) is 0 Å². The van der Waals surface area contributed by atoms with E-state index in [1.165, 1.54) is 37.8 Å². The summed E-state index contributed by atoms with van der Waals surface area (Å²) in [5, 5.41) is 0. The molecule has 0 aliphatic carbocycles. The van der Waals surface area contributed by atoms with Crippen molar-refractivity contribution in [2.24, 2.45) is 0 Å². The molecule has 1 aliphatic heterocycles. The minimum absolute atomic E-state index is 0.725. The van der Waals surface area contributed by atoms with Crippen molar-refractivity contribution < 1.29 is 4.74 Å². The highest BCUT2D eigenvalue weighted by atomic mass is 16.5. The molecule has 1 fully saturated rings. The lowest BCUT2D eigenvalue weighted by Crippen LogP contribution is -2.26. The predicted molar refractivity (Wildman–Crippen MR) is 80.8 cm³/mol. The van der Waals surface area contributed by atoms with Gasteiger partial charge in [-0.05, 0) is 57.3 Å². The molecule has 0 bridgehead atoms. The van der Waals surface area contributed by atoms with Crippen LogP contribution < -0.4 is 4.74 Å². The van der Waals surface area contributed by atoms with E-state index in [1.54, 1.807) is 0 Å². The van der Waals surface area contributed by atoms with E-state index in [1.807, 2.05) is 0 Å². The SMILES string of the molecule is CCCCc1ccccc1OCCC1CCCN1C. The normalized spacial score (nSPS) is 19.8. The summed E-state index contributed by atoms with van der Waals surface area (Å²) in [5.41, 5.74) is 1.36. The van der Waals surface area contributed by atoms with Gasteiger partial charge in [0.2, 0.25) is 0 Å². The van der Waals surface area contributed by atoms with E-state index in [0.29, 0.717) is 0 Å². The fourth-order valence-electron chi connectivity index (χ4n) is 2.87. The molecule has 0 amide bonds. The number of hydrogen-bond donors (Lipinski definition) is 0. The van der Waals surface area contributed by atoms with Crippen molar-refractivity contribution in [3.05, 3.63) is 29.8 Å². The molecule has 1 aromatic rings. The molecule has 2 rings (SSSR count). The monoisotopic (exact) mass is 261 g/mol. The summed E-state index contributed by atoms with van der Waals surface area (Å²) in [6, 6.07) is 9.23. The Kier molecular flexibility index (Phi) is 5.71. The van der Waals surface area contributed by atoms with E-state index in [4.69, 9.17) is 4.74 Å². The summed E-state index contributed by atoms with van der Waals surface area (Å²) in [7, 11) is 2.23. The van der Waals surface area contributed by atoms with E-state index < -0.39 is 0 Å². The summed E-state index contributed by atoms with van der Waals surface area (Å²) < 4.78 is 6.02. The molecule has 0 N–H and O–H groups in total. The largest absolute Gasteiger partial charge is 0.493 e. The van der Waals surface area contributed by atoms with Crippen LogP contribution in [0.15, 0.2) is 24.3 Å². The van der Waals surface area contributed by atoms with Crippen LogP contribution in [0.1, 0.15) is 44.6 Å². The molecule has 2 heteroatoms. The van der Waals surface area contributed by atoms with Gasteiger partial charge in [0, 0.05) is 6.04 Å². The number of para-hydroxylation sites is 1. The van der Waals surface area contributed by atoms with Gasteiger partial charge in [0.1, 0.15) is 5.75 Å². The summed E-state index contributed by atoms with van der Waals surface area (Å²) >= 11 is 0. The average Bonchev–Trinajstić information content (AvgIpc) is 2.83. The standard InChI is InChI=1S/C17H27NO/c1-3-4-8-15-9-5-6-11-17(15)19-14-12-16-10-7-13-18(16)2/h5-6,9,11,16H,3-4,7-8,10,12-14H2,1-2H3. The van der Waals surface area contributed by atoms with Gasteiger partial charge in [-0.3, -0.25) is 0 Å². The second-order valence-electron chi connectivity index (χ2n) is 5.63. The first kappa shape index (κ1) is 14.4. The number of likely N-dealkylation sites (tertiary alicyclic amines) is 1. The minimum atomic E-state index is 0.725. The van der Waals surface area contributed by atoms with Crippen LogP contribution in [0, 0.1) is 0 Å². The van der Waals surface area contributed by atoms with E-state index in [-0.39, 0.29) is 0 Å². The van der Waals surface area contributed by atoms with Crippen LogP contribution in [0.3, 0.4) is 0 Å². The van der Waals surface area contributed by atoms with Crippen molar-refractivity contribution in [1.82, 2.24) is 4.90 Å². The maximum Gasteiger partial charge on any atom is 0.122 e. The third-order valence-electron chi connectivity index (χ3n) is 4.15. The quantitative estimate of drug-likeness (QED) is 0.738. The maximum absolute atomic E-state index is 6.02. The fraction of sp³-hybridized carbons (Fsp3) is 0.647. The van der Waals surface area contributed by atoms with Crippen LogP contribution in [0.4, 0.5) is 0 Å². The van der Waals surface area contributed by atoms with Crippen LogP contribution in [0.5, 0.6) is 5.75 Å². The predicted octanol–water partition coefficient (Wildman–Crippen LogP) is 3.89. The Morgan fingerprint density at radius 1 is 1.32 bits per heavy atom. The Morgan fingerprint density at radius 3 is 2.89 bits per heavy atom. The number of hydrogen-bond acceptors (Lipinski definition) is 2. The molecule has 1 aliphatic rings. The van der Waals surface area contributed by atoms with Crippen molar-refractivity contribution in [2.45, 2.75) is 51.5 Å². The molecule has 1 heterocycles. The van der Waals surface area contributed by atoms with Gasteiger partial charge in [-0.25, -0.2) is 0 Å². The minimum Gasteiger partial charge on any atom is -0.493 e. The molecular weight excluding hydrogens is 234 g/mol. The Hall–Kier alpha value is -1.02. The molecule has 106 valence electrons. The Labute approximate surface area is 117 Å². The molecule has 0 spiro atoms. The lowest BCUT2D eigenvalue weighted by atomic mass is 10.1. The first-order valence-electron chi connectivity index (χ1n) is 7.72. The average molecular weight is 261 g/mol. The molecule has 0 radical (unpaired) electrons.